The molecule has 0 atom stereocenters. The highest BCUT2D eigenvalue weighted by atomic mass is 16.3. The van der Waals surface area contributed by atoms with E-state index in [0.717, 1.165) is 72.0 Å². The summed E-state index contributed by atoms with van der Waals surface area (Å²) in [6, 6.07) is 53.9. The average molecular weight is 636 g/mol. The van der Waals surface area contributed by atoms with Crippen molar-refractivity contribution >= 4 is 76.3 Å². The van der Waals surface area contributed by atoms with Gasteiger partial charge in [-0.05, 0) is 68.7 Å². The molecule has 0 saturated carbocycles. The molecule has 0 unspecified atom stereocenters. The van der Waals surface area contributed by atoms with Gasteiger partial charge in [0.2, 0.25) is 0 Å². The fraction of sp³-hybridized carbons (Fsp3) is 0. The van der Waals surface area contributed by atoms with E-state index in [1.54, 1.807) is 0 Å². The molecule has 50 heavy (non-hydrogen) atoms. The lowest BCUT2D eigenvalue weighted by Crippen LogP contribution is -2.04. The minimum absolute atomic E-state index is 0.810. The summed E-state index contributed by atoms with van der Waals surface area (Å²) in [5.41, 5.74) is 12.4. The van der Waals surface area contributed by atoms with Crippen molar-refractivity contribution in [1.29, 1.82) is 0 Å². The number of fused-ring (bicyclic) bond motifs is 4. The molecule has 1 aliphatic rings. The van der Waals surface area contributed by atoms with E-state index < -0.39 is 0 Å². The van der Waals surface area contributed by atoms with Crippen molar-refractivity contribution < 1.29 is 4.42 Å². The van der Waals surface area contributed by atoms with Crippen LogP contribution < -0.4 is 0 Å². The highest BCUT2D eigenvalue weighted by molar-refractivity contribution is 6.38. The first-order valence-corrected chi connectivity index (χ1v) is 17.0. The largest absolute Gasteiger partial charge is 0.456 e. The standard InChI is InChI=1S/C46H25N3O/c1-2-8-26(9-3-1)27-16-18-30(19-17-27)44-46(47-34-22-20-28-10-4-5-12-31(28)45(34)48-44)49-35-23-21-29-11-6-13-32-33-14-7-15-37-40(33)43-38(50-37)25-24-36(49)42(43)41(35)39(29)32/h1-25H. The maximum absolute atomic E-state index is 6.53. The predicted octanol–water partition coefficient (Wildman–Crippen LogP) is 12.2. The van der Waals surface area contributed by atoms with Crippen molar-refractivity contribution in [2.45, 2.75) is 0 Å². The van der Waals surface area contributed by atoms with Crippen molar-refractivity contribution in [3.8, 4) is 39.3 Å². The maximum atomic E-state index is 6.53. The SMILES string of the molecule is c1ccc(-c2ccc(-c3nc4c(ccc5ccccc54)nc3-n3c4ccc5cccc6c5c4c4c5c(ccc43)oc3cccc-6c35)cc2)cc1. The van der Waals surface area contributed by atoms with Crippen LogP contribution in [0.15, 0.2) is 156 Å². The number of rotatable bonds is 3. The summed E-state index contributed by atoms with van der Waals surface area (Å²) in [4.78, 5) is 11.0. The fourth-order valence-electron chi connectivity index (χ4n) is 8.53. The summed E-state index contributed by atoms with van der Waals surface area (Å²) in [5, 5.41) is 9.48. The first-order chi connectivity index (χ1) is 24.8. The third kappa shape index (κ3) is 3.34. The molecule has 230 valence electrons. The zero-order chi connectivity index (χ0) is 32.5. The van der Waals surface area contributed by atoms with E-state index in [1.807, 2.05) is 0 Å². The molecule has 3 aromatic heterocycles. The van der Waals surface area contributed by atoms with E-state index in [2.05, 4.69) is 156 Å². The van der Waals surface area contributed by atoms with Crippen LogP contribution in [-0.4, -0.2) is 14.5 Å². The van der Waals surface area contributed by atoms with Crippen LogP contribution in [0, 0.1) is 0 Å². The van der Waals surface area contributed by atoms with E-state index in [-0.39, 0.29) is 0 Å². The molecule has 0 saturated heterocycles. The van der Waals surface area contributed by atoms with Crippen molar-refractivity contribution in [2.24, 2.45) is 0 Å². The van der Waals surface area contributed by atoms with Crippen molar-refractivity contribution in [3.63, 3.8) is 0 Å². The molecular formula is C46H25N3O. The van der Waals surface area contributed by atoms with Gasteiger partial charge < -0.3 is 4.42 Å². The Morgan fingerprint density at radius 2 is 1.08 bits per heavy atom. The number of hydrogen-bond acceptors (Lipinski definition) is 3. The number of benzene rings is 8. The second-order valence-electron chi connectivity index (χ2n) is 13.3. The van der Waals surface area contributed by atoms with Gasteiger partial charge in [-0.25, -0.2) is 9.97 Å². The molecule has 12 rings (SSSR count). The Bertz CT molecular complexity index is 3240. The van der Waals surface area contributed by atoms with Gasteiger partial charge in [0.05, 0.1) is 22.1 Å². The van der Waals surface area contributed by atoms with Crippen LogP contribution in [0.25, 0.3) is 116 Å². The Morgan fingerprint density at radius 1 is 0.420 bits per heavy atom. The van der Waals surface area contributed by atoms with E-state index in [0.29, 0.717) is 0 Å². The second kappa shape index (κ2) is 9.43. The van der Waals surface area contributed by atoms with Gasteiger partial charge in [-0.1, -0.05) is 121 Å². The molecule has 8 aromatic carbocycles. The molecule has 0 spiro atoms. The molecule has 11 aromatic rings. The Hall–Kier alpha value is -6.78. The van der Waals surface area contributed by atoms with Crippen LogP contribution in [0.1, 0.15) is 0 Å². The quantitative estimate of drug-likeness (QED) is 0.181. The molecule has 0 amide bonds. The first kappa shape index (κ1) is 26.2. The second-order valence-corrected chi connectivity index (χ2v) is 13.3. The van der Waals surface area contributed by atoms with Gasteiger partial charge in [-0.15, -0.1) is 0 Å². The highest BCUT2D eigenvalue weighted by Gasteiger charge is 2.28. The molecule has 1 aliphatic carbocycles. The lowest BCUT2D eigenvalue weighted by molar-refractivity contribution is 0.669. The Kier molecular flexibility index (Phi) is 4.94. The van der Waals surface area contributed by atoms with Gasteiger partial charge in [0.1, 0.15) is 16.9 Å². The molecule has 0 fully saturated rings. The molecule has 0 N–H and O–H groups in total. The van der Waals surface area contributed by atoms with Gasteiger partial charge in [-0.3, -0.25) is 4.57 Å². The van der Waals surface area contributed by atoms with Crippen molar-refractivity contribution in [3.05, 3.63) is 152 Å². The van der Waals surface area contributed by atoms with Crippen molar-refractivity contribution in [1.82, 2.24) is 14.5 Å². The average Bonchev–Trinajstić information content (AvgIpc) is 3.69. The van der Waals surface area contributed by atoms with Crippen LogP contribution in [0.5, 0.6) is 0 Å². The molecular weight excluding hydrogens is 611 g/mol. The Balaban J connectivity index is 1.25. The van der Waals surface area contributed by atoms with E-state index >= 15 is 0 Å². The normalized spacial score (nSPS) is 12.4. The number of hydrogen-bond donors (Lipinski definition) is 0. The molecule has 0 aliphatic heterocycles. The molecule has 4 nitrogen and oxygen atoms in total. The topological polar surface area (TPSA) is 43.9 Å². The Morgan fingerprint density at radius 3 is 1.96 bits per heavy atom. The summed E-state index contributed by atoms with van der Waals surface area (Å²) >= 11 is 0. The molecule has 3 heterocycles. The number of nitrogens with zero attached hydrogens (tertiary/aromatic N) is 3. The molecule has 4 heteroatoms. The summed E-state index contributed by atoms with van der Waals surface area (Å²) < 4.78 is 8.87. The van der Waals surface area contributed by atoms with Crippen LogP contribution in [0.3, 0.4) is 0 Å². The number of aromatic nitrogens is 3. The highest BCUT2D eigenvalue weighted by Crippen LogP contribution is 2.51. The zero-order valence-electron chi connectivity index (χ0n) is 26.7. The number of furan rings is 1. The summed E-state index contributed by atoms with van der Waals surface area (Å²) in [5.74, 6) is 0.810. The minimum atomic E-state index is 0.810. The molecule has 0 bridgehead atoms. The smallest absolute Gasteiger partial charge is 0.165 e. The van der Waals surface area contributed by atoms with E-state index in [1.165, 1.54) is 43.6 Å². The van der Waals surface area contributed by atoms with Crippen molar-refractivity contribution in [2.75, 3.05) is 0 Å². The van der Waals surface area contributed by atoms with Gasteiger partial charge in [0.25, 0.3) is 0 Å². The Labute approximate surface area is 285 Å². The van der Waals surface area contributed by atoms with Gasteiger partial charge in [0.15, 0.2) is 5.82 Å². The van der Waals surface area contributed by atoms with Gasteiger partial charge in [0, 0.05) is 32.5 Å². The van der Waals surface area contributed by atoms with Crippen LogP contribution in [0.2, 0.25) is 0 Å². The predicted molar refractivity (Wildman–Crippen MR) is 206 cm³/mol. The van der Waals surface area contributed by atoms with Gasteiger partial charge in [-0.2, -0.15) is 0 Å². The molecule has 0 radical (unpaired) electrons. The maximum Gasteiger partial charge on any atom is 0.165 e. The monoisotopic (exact) mass is 635 g/mol. The summed E-state index contributed by atoms with van der Waals surface area (Å²) in [6.45, 7) is 0. The third-order valence-corrected chi connectivity index (χ3v) is 10.7. The zero-order valence-corrected chi connectivity index (χ0v) is 26.7. The van der Waals surface area contributed by atoms with Crippen LogP contribution >= 0.6 is 0 Å². The minimum Gasteiger partial charge on any atom is -0.456 e. The van der Waals surface area contributed by atoms with Gasteiger partial charge >= 0.3 is 0 Å². The fourth-order valence-corrected chi connectivity index (χ4v) is 8.53. The summed E-state index contributed by atoms with van der Waals surface area (Å²) in [6.07, 6.45) is 0. The van der Waals surface area contributed by atoms with Crippen LogP contribution in [-0.2, 0) is 0 Å². The van der Waals surface area contributed by atoms with Crippen LogP contribution in [0.4, 0.5) is 0 Å². The summed E-state index contributed by atoms with van der Waals surface area (Å²) in [7, 11) is 0. The van der Waals surface area contributed by atoms with E-state index in [9.17, 15) is 0 Å². The third-order valence-electron chi connectivity index (χ3n) is 10.7. The lowest BCUT2D eigenvalue weighted by Gasteiger charge is -2.15. The van der Waals surface area contributed by atoms with E-state index in [4.69, 9.17) is 14.4 Å². The first-order valence-electron chi connectivity index (χ1n) is 17.0. The lowest BCUT2D eigenvalue weighted by atomic mass is 9.95.